The van der Waals surface area contributed by atoms with E-state index in [1.807, 2.05) is 0 Å². The molecule has 0 saturated carbocycles. The highest BCUT2D eigenvalue weighted by atomic mass is 32.1. The largest absolute Gasteiger partial charge is 0.493 e. The third kappa shape index (κ3) is 2.88. The molecular weight excluding hydrogens is 316 g/mol. The van der Waals surface area contributed by atoms with E-state index >= 15 is 0 Å². The number of nitrogen functional groups attached to an aromatic ring is 1. The Bertz CT molecular complexity index is 878. The highest BCUT2D eigenvalue weighted by molar-refractivity contribution is 7.17. The zero-order chi connectivity index (χ0) is 16.4. The van der Waals surface area contributed by atoms with E-state index in [4.69, 9.17) is 15.2 Å². The predicted octanol–water partition coefficient (Wildman–Crippen LogP) is 2.54. The molecule has 118 valence electrons. The number of thiophene rings is 1. The van der Waals surface area contributed by atoms with Crippen molar-refractivity contribution in [1.29, 1.82) is 0 Å². The third-order valence-corrected chi connectivity index (χ3v) is 4.12. The van der Waals surface area contributed by atoms with Crippen molar-refractivity contribution in [1.82, 2.24) is 9.97 Å². The molecule has 8 heteroatoms. The summed E-state index contributed by atoms with van der Waals surface area (Å²) >= 11 is 1.39. The van der Waals surface area contributed by atoms with Gasteiger partial charge in [0.2, 0.25) is 5.95 Å². The number of aromatic nitrogens is 2. The fraction of sp³-hybridized carbons (Fsp3) is 0.133. The molecule has 0 bridgehead atoms. The van der Waals surface area contributed by atoms with Crippen LogP contribution in [0.4, 0.5) is 11.6 Å². The Kier molecular flexibility index (Phi) is 3.98. The Labute approximate surface area is 136 Å². The van der Waals surface area contributed by atoms with Crippen LogP contribution in [0.3, 0.4) is 0 Å². The van der Waals surface area contributed by atoms with Crippen molar-refractivity contribution in [2.75, 3.05) is 25.3 Å². The molecule has 0 fully saturated rings. The van der Waals surface area contributed by atoms with Crippen LogP contribution in [-0.4, -0.2) is 30.1 Å². The topological polar surface area (TPSA) is 99.4 Å². The van der Waals surface area contributed by atoms with Gasteiger partial charge in [-0.3, -0.25) is 4.79 Å². The molecule has 0 saturated heterocycles. The number of nitrogens with zero attached hydrogens (tertiary/aromatic N) is 2. The monoisotopic (exact) mass is 330 g/mol. The molecule has 2 heterocycles. The minimum absolute atomic E-state index is 0.135. The summed E-state index contributed by atoms with van der Waals surface area (Å²) in [5.41, 5.74) is 7.18. The van der Waals surface area contributed by atoms with Gasteiger partial charge in [0, 0.05) is 17.1 Å². The lowest BCUT2D eigenvalue weighted by molar-refractivity contribution is 0.102. The molecule has 23 heavy (non-hydrogen) atoms. The second-order valence-corrected chi connectivity index (χ2v) is 5.53. The first kappa shape index (κ1) is 15.0. The SMILES string of the molecule is COc1ccc(NC(=O)c2csc3cnc(N)nc23)cc1OC. The number of ether oxygens (including phenoxy) is 2. The van der Waals surface area contributed by atoms with E-state index in [1.54, 1.807) is 36.9 Å². The molecule has 3 aromatic rings. The van der Waals surface area contributed by atoms with Gasteiger partial charge in [-0.15, -0.1) is 11.3 Å². The number of hydrogen-bond acceptors (Lipinski definition) is 7. The quantitative estimate of drug-likeness (QED) is 0.762. The van der Waals surface area contributed by atoms with Crippen molar-refractivity contribution >= 4 is 39.1 Å². The van der Waals surface area contributed by atoms with Gasteiger partial charge in [0.25, 0.3) is 5.91 Å². The number of benzene rings is 1. The van der Waals surface area contributed by atoms with Crippen LogP contribution in [0.2, 0.25) is 0 Å². The molecule has 0 aliphatic carbocycles. The van der Waals surface area contributed by atoms with Gasteiger partial charge in [-0.25, -0.2) is 9.97 Å². The number of anilines is 2. The highest BCUT2D eigenvalue weighted by Gasteiger charge is 2.15. The normalized spacial score (nSPS) is 10.5. The Morgan fingerprint density at radius 1 is 1.26 bits per heavy atom. The second-order valence-electron chi connectivity index (χ2n) is 4.61. The van der Waals surface area contributed by atoms with E-state index in [0.29, 0.717) is 28.3 Å². The van der Waals surface area contributed by atoms with Gasteiger partial charge in [0.15, 0.2) is 11.5 Å². The van der Waals surface area contributed by atoms with Gasteiger partial charge in [-0.1, -0.05) is 0 Å². The molecule has 0 spiro atoms. The van der Waals surface area contributed by atoms with Crippen LogP contribution in [-0.2, 0) is 0 Å². The number of amides is 1. The minimum atomic E-state index is -0.276. The molecule has 0 aliphatic heterocycles. The fourth-order valence-corrected chi connectivity index (χ4v) is 2.96. The first-order chi connectivity index (χ1) is 11.1. The average Bonchev–Trinajstić information content (AvgIpc) is 2.97. The number of nitrogens with one attached hydrogen (secondary N) is 1. The Morgan fingerprint density at radius 2 is 2.04 bits per heavy atom. The van der Waals surface area contributed by atoms with E-state index < -0.39 is 0 Å². The van der Waals surface area contributed by atoms with Crippen LogP contribution in [0.1, 0.15) is 10.4 Å². The van der Waals surface area contributed by atoms with Gasteiger partial charge in [-0.05, 0) is 12.1 Å². The van der Waals surface area contributed by atoms with E-state index in [9.17, 15) is 4.79 Å². The molecule has 0 unspecified atom stereocenters. The number of carbonyl (C=O) groups excluding carboxylic acids is 1. The number of fused-ring (bicyclic) bond motifs is 1. The van der Waals surface area contributed by atoms with Crippen LogP contribution in [0.25, 0.3) is 10.2 Å². The summed E-state index contributed by atoms with van der Waals surface area (Å²) < 4.78 is 11.2. The maximum Gasteiger partial charge on any atom is 0.258 e. The number of carbonyl (C=O) groups is 1. The molecular formula is C15H14N4O3S. The second kappa shape index (κ2) is 6.09. The molecule has 0 atom stereocenters. The van der Waals surface area contributed by atoms with E-state index in [2.05, 4.69) is 15.3 Å². The van der Waals surface area contributed by atoms with E-state index in [1.165, 1.54) is 18.4 Å². The summed E-state index contributed by atoms with van der Waals surface area (Å²) in [6.45, 7) is 0. The molecule has 2 aromatic heterocycles. The molecule has 1 amide bonds. The molecule has 7 nitrogen and oxygen atoms in total. The minimum Gasteiger partial charge on any atom is -0.493 e. The van der Waals surface area contributed by atoms with Gasteiger partial charge in [0.05, 0.1) is 36.2 Å². The Balaban J connectivity index is 1.90. The van der Waals surface area contributed by atoms with Gasteiger partial charge in [0.1, 0.15) is 0 Å². The average molecular weight is 330 g/mol. The van der Waals surface area contributed by atoms with Crippen molar-refractivity contribution in [3.05, 3.63) is 35.3 Å². The summed E-state index contributed by atoms with van der Waals surface area (Å²) in [5.74, 6) is 0.983. The van der Waals surface area contributed by atoms with Gasteiger partial charge in [-0.2, -0.15) is 0 Å². The summed E-state index contributed by atoms with van der Waals surface area (Å²) in [6, 6.07) is 5.14. The van der Waals surface area contributed by atoms with Gasteiger partial charge < -0.3 is 20.5 Å². The smallest absolute Gasteiger partial charge is 0.258 e. The maximum atomic E-state index is 12.5. The van der Waals surface area contributed by atoms with Crippen LogP contribution >= 0.6 is 11.3 Å². The molecule has 3 N–H and O–H groups in total. The lowest BCUT2D eigenvalue weighted by Crippen LogP contribution is -2.12. The highest BCUT2D eigenvalue weighted by Crippen LogP contribution is 2.30. The maximum absolute atomic E-state index is 12.5. The van der Waals surface area contributed by atoms with Crippen LogP contribution in [0.15, 0.2) is 29.8 Å². The number of hydrogen-bond donors (Lipinski definition) is 2. The van der Waals surface area contributed by atoms with Crippen molar-refractivity contribution in [2.45, 2.75) is 0 Å². The standard InChI is InChI=1S/C15H14N4O3S/c1-21-10-4-3-8(5-11(10)22-2)18-14(20)9-7-23-12-6-17-15(16)19-13(9)12/h3-7H,1-2H3,(H,18,20)(H2,16,17,19). The fourth-order valence-electron chi connectivity index (χ4n) is 2.12. The lowest BCUT2D eigenvalue weighted by Gasteiger charge is -2.10. The van der Waals surface area contributed by atoms with E-state index in [0.717, 1.165) is 4.70 Å². The summed E-state index contributed by atoms with van der Waals surface area (Å²) in [4.78, 5) is 20.5. The van der Waals surface area contributed by atoms with E-state index in [-0.39, 0.29) is 11.9 Å². The number of methoxy groups -OCH3 is 2. The zero-order valence-electron chi connectivity index (χ0n) is 12.5. The summed E-state index contributed by atoms with van der Waals surface area (Å²) in [5, 5.41) is 4.54. The Morgan fingerprint density at radius 3 is 2.78 bits per heavy atom. The predicted molar refractivity (Wildman–Crippen MR) is 89.3 cm³/mol. The van der Waals surface area contributed by atoms with Crippen molar-refractivity contribution in [3.8, 4) is 11.5 Å². The van der Waals surface area contributed by atoms with Crippen LogP contribution in [0, 0.1) is 0 Å². The molecule has 1 aromatic carbocycles. The van der Waals surface area contributed by atoms with Crippen LogP contribution in [0.5, 0.6) is 11.5 Å². The molecule has 3 rings (SSSR count). The van der Waals surface area contributed by atoms with Crippen molar-refractivity contribution < 1.29 is 14.3 Å². The van der Waals surface area contributed by atoms with Gasteiger partial charge >= 0.3 is 0 Å². The van der Waals surface area contributed by atoms with Crippen molar-refractivity contribution in [3.63, 3.8) is 0 Å². The first-order valence-electron chi connectivity index (χ1n) is 6.65. The lowest BCUT2D eigenvalue weighted by atomic mass is 10.2. The molecule has 0 aliphatic rings. The zero-order valence-corrected chi connectivity index (χ0v) is 13.3. The number of rotatable bonds is 4. The third-order valence-electron chi connectivity index (χ3n) is 3.22. The Hall–Kier alpha value is -2.87. The number of nitrogens with two attached hydrogens (primary N) is 1. The van der Waals surface area contributed by atoms with Crippen molar-refractivity contribution in [2.24, 2.45) is 0 Å². The summed E-state index contributed by atoms with van der Waals surface area (Å²) in [7, 11) is 3.09. The summed E-state index contributed by atoms with van der Waals surface area (Å²) in [6.07, 6.45) is 1.61. The van der Waals surface area contributed by atoms with Crippen LogP contribution < -0.4 is 20.5 Å². The first-order valence-corrected chi connectivity index (χ1v) is 7.53. The molecule has 0 radical (unpaired) electrons.